The van der Waals surface area contributed by atoms with Crippen molar-refractivity contribution in [3.8, 4) is 0 Å². The molecule has 1 fully saturated rings. The second-order valence-electron chi connectivity index (χ2n) is 4.02. The molecule has 0 aromatic carbocycles. The highest BCUT2D eigenvalue weighted by atomic mass is 16.5. The number of hydrogen-bond donors (Lipinski definition) is 1. The Bertz CT molecular complexity index is 165. The van der Waals surface area contributed by atoms with Gasteiger partial charge in [-0.25, -0.2) is 4.79 Å². The van der Waals surface area contributed by atoms with Crippen LogP contribution in [0, 0.1) is 0 Å². The highest BCUT2D eigenvalue weighted by Crippen LogP contribution is 2.10. The number of carboxylic acid groups (broad SMARTS) is 1. The number of methoxy groups -OCH3 is 1. The van der Waals surface area contributed by atoms with Gasteiger partial charge in [0.25, 0.3) is 0 Å². The zero-order valence-electron chi connectivity index (χ0n) is 10.0. The van der Waals surface area contributed by atoms with Gasteiger partial charge >= 0.3 is 5.97 Å². The summed E-state index contributed by atoms with van der Waals surface area (Å²) in [7, 11) is 1.34. The van der Waals surface area contributed by atoms with Gasteiger partial charge in [-0.05, 0) is 39.8 Å². The van der Waals surface area contributed by atoms with Gasteiger partial charge in [-0.15, -0.1) is 0 Å². The standard InChI is InChI=1S/C8H17N.C3H6O3/c1-8(2)9-6-4-3-5-7-9;1-6-2-3(4)5/h8H,3-7H2,1-2H3;2H2,1H3,(H,4,5). The van der Waals surface area contributed by atoms with Crippen LogP contribution in [0.25, 0.3) is 0 Å². The van der Waals surface area contributed by atoms with E-state index in [1.54, 1.807) is 0 Å². The molecule has 4 heteroatoms. The summed E-state index contributed by atoms with van der Waals surface area (Å²) in [5, 5.41) is 7.79. The van der Waals surface area contributed by atoms with Crippen molar-refractivity contribution in [2.45, 2.75) is 39.2 Å². The molecule has 1 N–H and O–H groups in total. The molecule has 0 radical (unpaired) electrons. The zero-order valence-corrected chi connectivity index (χ0v) is 10.0. The minimum Gasteiger partial charge on any atom is -0.480 e. The summed E-state index contributed by atoms with van der Waals surface area (Å²) >= 11 is 0. The lowest BCUT2D eigenvalue weighted by Crippen LogP contribution is -2.35. The van der Waals surface area contributed by atoms with Crippen LogP contribution in [-0.2, 0) is 9.53 Å². The molecule has 1 saturated heterocycles. The van der Waals surface area contributed by atoms with Crippen molar-refractivity contribution in [1.29, 1.82) is 0 Å². The Hall–Kier alpha value is -0.610. The Labute approximate surface area is 92.2 Å². The SMILES string of the molecule is CC(C)N1CCCCC1.COCC(=O)O. The molecule has 0 aromatic heterocycles. The van der Waals surface area contributed by atoms with E-state index in [1.807, 2.05) is 0 Å². The number of piperidine rings is 1. The third-order valence-electron chi connectivity index (χ3n) is 2.39. The van der Waals surface area contributed by atoms with E-state index in [4.69, 9.17) is 5.11 Å². The largest absolute Gasteiger partial charge is 0.480 e. The first-order valence-electron chi connectivity index (χ1n) is 5.52. The molecule has 0 bridgehead atoms. The number of carboxylic acids is 1. The van der Waals surface area contributed by atoms with Gasteiger partial charge in [0.2, 0.25) is 0 Å². The summed E-state index contributed by atoms with van der Waals surface area (Å²) in [6, 6.07) is 0.769. The van der Waals surface area contributed by atoms with E-state index in [-0.39, 0.29) is 6.61 Å². The van der Waals surface area contributed by atoms with E-state index < -0.39 is 5.97 Å². The average molecular weight is 217 g/mol. The van der Waals surface area contributed by atoms with Crippen molar-refractivity contribution >= 4 is 5.97 Å². The van der Waals surface area contributed by atoms with E-state index in [1.165, 1.54) is 39.5 Å². The fourth-order valence-electron chi connectivity index (χ4n) is 1.56. The van der Waals surface area contributed by atoms with Gasteiger partial charge in [-0.2, -0.15) is 0 Å². The maximum atomic E-state index is 9.47. The summed E-state index contributed by atoms with van der Waals surface area (Å²) < 4.78 is 4.20. The Balaban J connectivity index is 0.000000288. The first-order valence-corrected chi connectivity index (χ1v) is 5.52. The Morgan fingerprint density at radius 3 is 2.07 bits per heavy atom. The molecule has 0 atom stereocenters. The number of ether oxygens (including phenoxy) is 1. The Morgan fingerprint density at radius 1 is 1.33 bits per heavy atom. The number of nitrogens with zero attached hydrogens (tertiary/aromatic N) is 1. The molecule has 0 aliphatic carbocycles. The van der Waals surface area contributed by atoms with Crippen LogP contribution in [0.2, 0.25) is 0 Å². The Morgan fingerprint density at radius 2 is 1.87 bits per heavy atom. The van der Waals surface area contributed by atoms with Gasteiger partial charge in [-0.1, -0.05) is 6.42 Å². The van der Waals surface area contributed by atoms with Crippen LogP contribution in [0.1, 0.15) is 33.1 Å². The van der Waals surface area contributed by atoms with Crippen LogP contribution < -0.4 is 0 Å². The fourth-order valence-corrected chi connectivity index (χ4v) is 1.56. The van der Waals surface area contributed by atoms with Crippen molar-refractivity contribution in [2.75, 3.05) is 26.8 Å². The predicted octanol–water partition coefficient (Wildman–Crippen LogP) is 1.60. The molecule has 0 spiro atoms. The molecule has 1 rings (SSSR count). The van der Waals surface area contributed by atoms with Crippen molar-refractivity contribution < 1.29 is 14.6 Å². The maximum Gasteiger partial charge on any atom is 0.329 e. The van der Waals surface area contributed by atoms with Gasteiger partial charge in [0.1, 0.15) is 6.61 Å². The molecule has 0 aromatic rings. The van der Waals surface area contributed by atoms with Gasteiger partial charge in [0.15, 0.2) is 0 Å². The van der Waals surface area contributed by atoms with Crippen molar-refractivity contribution in [3.63, 3.8) is 0 Å². The monoisotopic (exact) mass is 217 g/mol. The Kier molecular flexibility index (Phi) is 8.33. The first-order chi connectivity index (χ1) is 7.07. The van der Waals surface area contributed by atoms with Crippen LogP contribution in [0.4, 0.5) is 0 Å². The maximum absolute atomic E-state index is 9.47. The lowest BCUT2D eigenvalue weighted by atomic mass is 10.1. The molecule has 0 unspecified atom stereocenters. The lowest BCUT2D eigenvalue weighted by Gasteiger charge is -2.29. The number of hydrogen-bond acceptors (Lipinski definition) is 3. The van der Waals surface area contributed by atoms with Crippen LogP contribution in [0.3, 0.4) is 0 Å². The molecular formula is C11H23NO3. The van der Waals surface area contributed by atoms with Gasteiger partial charge in [-0.3, -0.25) is 0 Å². The minimum atomic E-state index is -0.933. The molecule has 0 amide bonds. The fraction of sp³-hybridized carbons (Fsp3) is 0.909. The number of likely N-dealkylation sites (tertiary alicyclic amines) is 1. The minimum absolute atomic E-state index is 0.208. The van der Waals surface area contributed by atoms with E-state index in [0.29, 0.717) is 0 Å². The molecule has 1 heterocycles. The molecule has 0 saturated carbocycles. The third kappa shape index (κ3) is 8.39. The lowest BCUT2D eigenvalue weighted by molar-refractivity contribution is -0.141. The number of rotatable bonds is 3. The van der Waals surface area contributed by atoms with Crippen molar-refractivity contribution in [3.05, 3.63) is 0 Å². The van der Waals surface area contributed by atoms with Gasteiger partial charge in [0, 0.05) is 13.2 Å². The molecule has 1 aliphatic heterocycles. The summed E-state index contributed by atoms with van der Waals surface area (Å²) in [5.41, 5.74) is 0. The second-order valence-corrected chi connectivity index (χ2v) is 4.02. The predicted molar refractivity (Wildman–Crippen MR) is 60.1 cm³/mol. The second kappa shape index (κ2) is 8.68. The van der Waals surface area contributed by atoms with E-state index in [2.05, 4.69) is 23.5 Å². The van der Waals surface area contributed by atoms with Crippen LogP contribution in [0.5, 0.6) is 0 Å². The smallest absolute Gasteiger partial charge is 0.329 e. The van der Waals surface area contributed by atoms with Crippen molar-refractivity contribution in [1.82, 2.24) is 4.90 Å². The topological polar surface area (TPSA) is 49.8 Å². The van der Waals surface area contributed by atoms with E-state index >= 15 is 0 Å². The van der Waals surface area contributed by atoms with E-state index in [0.717, 1.165) is 6.04 Å². The highest BCUT2D eigenvalue weighted by molar-refractivity contribution is 5.67. The van der Waals surface area contributed by atoms with Crippen LogP contribution in [0.15, 0.2) is 0 Å². The normalized spacial score (nSPS) is 17.1. The number of carbonyl (C=O) groups is 1. The van der Waals surface area contributed by atoms with Gasteiger partial charge in [0.05, 0.1) is 0 Å². The summed E-state index contributed by atoms with van der Waals surface area (Å²) in [5.74, 6) is -0.933. The molecule has 15 heavy (non-hydrogen) atoms. The number of aliphatic carboxylic acids is 1. The van der Waals surface area contributed by atoms with E-state index in [9.17, 15) is 4.79 Å². The van der Waals surface area contributed by atoms with Crippen LogP contribution >= 0.6 is 0 Å². The first kappa shape index (κ1) is 14.4. The van der Waals surface area contributed by atoms with Crippen LogP contribution in [-0.4, -0.2) is 48.8 Å². The third-order valence-corrected chi connectivity index (χ3v) is 2.39. The zero-order chi connectivity index (χ0) is 11.7. The summed E-state index contributed by atoms with van der Waals surface area (Å²) in [4.78, 5) is 12.0. The average Bonchev–Trinajstić information content (AvgIpc) is 2.20. The highest BCUT2D eigenvalue weighted by Gasteiger charge is 2.11. The van der Waals surface area contributed by atoms with Crippen molar-refractivity contribution in [2.24, 2.45) is 0 Å². The molecular weight excluding hydrogens is 194 g/mol. The quantitative estimate of drug-likeness (QED) is 0.780. The molecule has 90 valence electrons. The summed E-state index contributed by atoms with van der Waals surface area (Å²) in [6.45, 7) is 7.02. The summed E-state index contributed by atoms with van der Waals surface area (Å²) in [6.07, 6.45) is 4.28. The molecule has 4 nitrogen and oxygen atoms in total. The molecule has 1 aliphatic rings. The van der Waals surface area contributed by atoms with Gasteiger partial charge < -0.3 is 14.7 Å².